The summed E-state index contributed by atoms with van der Waals surface area (Å²) in [6, 6.07) is 6.58. The summed E-state index contributed by atoms with van der Waals surface area (Å²) < 4.78 is 0. The normalized spacial score (nSPS) is 15.7. The number of rotatable bonds is 5. The molecule has 8 heteroatoms. The van der Waals surface area contributed by atoms with Crippen LogP contribution in [-0.4, -0.2) is 35.7 Å². The fourth-order valence-electron chi connectivity index (χ4n) is 2.57. The quantitative estimate of drug-likeness (QED) is 0.369. The molecule has 1 aliphatic heterocycles. The highest BCUT2D eigenvalue weighted by atomic mass is 16.4. The van der Waals surface area contributed by atoms with Crippen molar-refractivity contribution in [2.24, 2.45) is 16.8 Å². The molecule has 0 unspecified atom stereocenters. The van der Waals surface area contributed by atoms with Crippen LogP contribution in [0.5, 0.6) is 0 Å². The molecule has 0 amide bonds. The van der Waals surface area contributed by atoms with Crippen molar-refractivity contribution in [2.75, 3.05) is 23.4 Å². The predicted molar refractivity (Wildman–Crippen MR) is 92.6 cm³/mol. The van der Waals surface area contributed by atoms with Gasteiger partial charge in [-0.1, -0.05) is 6.92 Å². The van der Waals surface area contributed by atoms with E-state index in [2.05, 4.69) is 22.4 Å². The lowest BCUT2D eigenvalue weighted by atomic mass is 9.98. The summed E-state index contributed by atoms with van der Waals surface area (Å²) in [5, 5.41) is 29.2. The Labute approximate surface area is 140 Å². The maximum absolute atomic E-state index is 11.6. The molecular weight excluding hydrogens is 308 g/mol. The van der Waals surface area contributed by atoms with Crippen LogP contribution in [-0.2, 0) is 0 Å². The average Bonchev–Trinajstić information content (AvgIpc) is 2.55. The zero-order valence-electron chi connectivity index (χ0n) is 13.4. The van der Waals surface area contributed by atoms with Crippen LogP contribution in [0.3, 0.4) is 0 Å². The molecule has 1 heterocycles. The number of anilines is 2. The standard InChI is InChI=1S/C16H20N6O2/c1-10-4-6-22(7-5-10)14-3-2-11(8-12(14)16(23)24)20-21-13(9-17)15(18)19/h2-3,8,10,20H,4-7H2,1H3,(H3,18,19)(H,23,24)/b21-13+. The molecule has 5 N–H and O–H groups in total. The minimum absolute atomic E-state index is 0.172. The average molecular weight is 328 g/mol. The number of amidine groups is 1. The van der Waals surface area contributed by atoms with Crippen LogP contribution in [0.4, 0.5) is 11.4 Å². The molecule has 126 valence electrons. The van der Waals surface area contributed by atoms with Crippen molar-refractivity contribution in [3.8, 4) is 6.07 Å². The van der Waals surface area contributed by atoms with Gasteiger partial charge in [0.25, 0.3) is 0 Å². The number of hydrazone groups is 1. The molecule has 1 aromatic carbocycles. The fourth-order valence-corrected chi connectivity index (χ4v) is 2.57. The van der Waals surface area contributed by atoms with Crippen LogP contribution in [0.15, 0.2) is 23.3 Å². The second-order valence-electron chi connectivity index (χ2n) is 5.80. The number of nitrogens with two attached hydrogens (primary N) is 1. The fraction of sp³-hybridized carbons (Fsp3) is 0.375. The van der Waals surface area contributed by atoms with Gasteiger partial charge in [-0.3, -0.25) is 10.8 Å². The van der Waals surface area contributed by atoms with E-state index in [1.807, 2.05) is 0 Å². The number of carboxylic acid groups (broad SMARTS) is 1. The maximum atomic E-state index is 11.6. The highest BCUT2D eigenvalue weighted by Crippen LogP contribution is 2.28. The lowest BCUT2D eigenvalue weighted by Crippen LogP contribution is -2.33. The minimum Gasteiger partial charge on any atom is -0.478 e. The molecular formula is C16H20N6O2. The summed E-state index contributed by atoms with van der Waals surface area (Å²) >= 11 is 0. The van der Waals surface area contributed by atoms with Gasteiger partial charge in [-0.2, -0.15) is 10.4 Å². The molecule has 1 aliphatic rings. The lowest BCUT2D eigenvalue weighted by molar-refractivity contribution is 0.0697. The molecule has 0 radical (unpaired) electrons. The minimum atomic E-state index is -1.02. The van der Waals surface area contributed by atoms with Gasteiger partial charge in [0.15, 0.2) is 5.84 Å². The number of benzene rings is 1. The van der Waals surface area contributed by atoms with E-state index in [-0.39, 0.29) is 11.3 Å². The third-order valence-corrected chi connectivity index (χ3v) is 4.01. The first-order valence-electron chi connectivity index (χ1n) is 7.63. The van der Waals surface area contributed by atoms with E-state index < -0.39 is 11.8 Å². The molecule has 0 bridgehead atoms. The SMILES string of the molecule is CC1CCN(c2ccc(N/N=C(\C#N)C(=N)N)cc2C(=O)O)CC1. The molecule has 0 saturated carbocycles. The van der Waals surface area contributed by atoms with E-state index in [0.29, 0.717) is 17.3 Å². The molecule has 1 aromatic rings. The van der Waals surface area contributed by atoms with Crippen molar-refractivity contribution in [1.82, 2.24) is 0 Å². The molecule has 2 rings (SSSR count). The third-order valence-electron chi connectivity index (χ3n) is 4.01. The van der Waals surface area contributed by atoms with Gasteiger partial charge < -0.3 is 15.7 Å². The molecule has 1 fully saturated rings. The van der Waals surface area contributed by atoms with E-state index in [0.717, 1.165) is 25.9 Å². The first kappa shape index (κ1) is 17.3. The Balaban J connectivity index is 2.25. The lowest BCUT2D eigenvalue weighted by Gasteiger charge is -2.33. The number of hydrogen-bond donors (Lipinski definition) is 4. The number of aromatic carboxylic acids is 1. The number of piperidine rings is 1. The van der Waals surface area contributed by atoms with Gasteiger partial charge in [0, 0.05) is 13.1 Å². The summed E-state index contributed by atoms with van der Waals surface area (Å²) in [6.07, 6.45) is 2.07. The summed E-state index contributed by atoms with van der Waals surface area (Å²) in [5.41, 5.74) is 8.78. The number of nitriles is 1. The van der Waals surface area contributed by atoms with Gasteiger partial charge in [0.2, 0.25) is 5.71 Å². The molecule has 1 saturated heterocycles. The first-order chi connectivity index (χ1) is 11.4. The summed E-state index contributed by atoms with van der Waals surface area (Å²) in [6.45, 7) is 3.85. The van der Waals surface area contributed by atoms with Gasteiger partial charge in [-0.15, -0.1) is 0 Å². The largest absolute Gasteiger partial charge is 0.478 e. The van der Waals surface area contributed by atoms with Crippen LogP contribution >= 0.6 is 0 Å². The molecule has 0 atom stereocenters. The van der Waals surface area contributed by atoms with Gasteiger partial charge in [-0.05, 0) is 37.0 Å². The van der Waals surface area contributed by atoms with Crippen LogP contribution in [0.1, 0.15) is 30.1 Å². The maximum Gasteiger partial charge on any atom is 0.337 e. The summed E-state index contributed by atoms with van der Waals surface area (Å²) in [4.78, 5) is 13.7. The van der Waals surface area contributed by atoms with Gasteiger partial charge in [-0.25, -0.2) is 4.79 Å². The second-order valence-corrected chi connectivity index (χ2v) is 5.80. The van der Waals surface area contributed by atoms with E-state index >= 15 is 0 Å². The van der Waals surface area contributed by atoms with Gasteiger partial charge in [0.1, 0.15) is 6.07 Å². The van der Waals surface area contributed by atoms with Crippen molar-refractivity contribution in [3.05, 3.63) is 23.8 Å². The number of carbonyl (C=O) groups is 1. The van der Waals surface area contributed by atoms with E-state index in [4.69, 9.17) is 16.4 Å². The van der Waals surface area contributed by atoms with E-state index in [1.165, 1.54) is 6.07 Å². The Morgan fingerprint density at radius 1 is 1.50 bits per heavy atom. The Hall–Kier alpha value is -3.08. The van der Waals surface area contributed by atoms with Crippen LogP contribution in [0.25, 0.3) is 0 Å². The molecule has 0 aromatic heterocycles. The van der Waals surface area contributed by atoms with Crippen LogP contribution in [0, 0.1) is 22.7 Å². The molecule has 0 spiro atoms. The van der Waals surface area contributed by atoms with Crippen molar-refractivity contribution in [2.45, 2.75) is 19.8 Å². The first-order valence-corrected chi connectivity index (χ1v) is 7.63. The number of hydrogen-bond acceptors (Lipinski definition) is 6. The van der Waals surface area contributed by atoms with Gasteiger partial charge >= 0.3 is 5.97 Å². The van der Waals surface area contributed by atoms with Crippen molar-refractivity contribution < 1.29 is 9.90 Å². The third kappa shape index (κ3) is 4.01. The number of nitrogens with one attached hydrogen (secondary N) is 2. The number of nitrogens with zero attached hydrogens (tertiary/aromatic N) is 3. The summed E-state index contributed by atoms with van der Waals surface area (Å²) in [5.74, 6) is -0.827. The smallest absolute Gasteiger partial charge is 0.337 e. The Morgan fingerprint density at radius 3 is 2.71 bits per heavy atom. The zero-order valence-corrected chi connectivity index (χ0v) is 13.4. The number of carboxylic acids is 1. The monoisotopic (exact) mass is 328 g/mol. The zero-order chi connectivity index (χ0) is 17.7. The second kappa shape index (κ2) is 7.46. The Bertz CT molecular complexity index is 714. The Morgan fingerprint density at radius 2 is 2.17 bits per heavy atom. The van der Waals surface area contributed by atoms with Crippen molar-refractivity contribution >= 4 is 28.9 Å². The van der Waals surface area contributed by atoms with Crippen LogP contribution in [0.2, 0.25) is 0 Å². The highest BCUT2D eigenvalue weighted by Gasteiger charge is 2.21. The topological polar surface area (TPSA) is 139 Å². The Kier molecular flexibility index (Phi) is 5.37. The summed E-state index contributed by atoms with van der Waals surface area (Å²) in [7, 11) is 0. The molecule has 8 nitrogen and oxygen atoms in total. The van der Waals surface area contributed by atoms with E-state index in [9.17, 15) is 9.90 Å². The van der Waals surface area contributed by atoms with Gasteiger partial charge in [0.05, 0.1) is 16.9 Å². The van der Waals surface area contributed by atoms with E-state index in [1.54, 1.807) is 18.2 Å². The predicted octanol–water partition coefficient (Wildman–Crippen LogP) is 1.85. The van der Waals surface area contributed by atoms with Crippen molar-refractivity contribution in [3.63, 3.8) is 0 Å². The molecule has 0 aliphatic carbocycles. The van der Waals surface area contributed by atoms with Crippen molar-refractivity contribution in [1.29, 1.82) is 10.7 Å². The molecule has 24 heavy (non-hydrogen) atoms. The van der Waals surface area contributed by atoms with Crippen LogP contribution < -0.4 is 16.1 Å². The highest BCUT2D eigenvalue weighted by molar-refractivity contribution is 6.45.